The molecule has 154 valence electrons. The molecule has 0 aliphatic carbocycles. The Morgan fingerprint density at radius 3 is 2.80 bits per heavy atom. The van der Waals surface area contributed by atoms with Gasteiger partial charge in [0.25, 0.3) is 5.56 Å². The van der Waals surface area contributed by atoms with E-state index in [0.29, 0.717) is 11.8 Å². The molecule has 1 fully saturated rings. The van der Waals surface area contributed by atoms with Crippen LogP contribution in [0, 0.1) is 11.6 Å². The van der Waals surface area contributed by atoms with Gasteiger partial charge in [0, 0.05) is 11.0 Å². The maximum absolute atomic E-state index is 13.5. The molecule has 0 bridgehead atoms. The lowest BCUT2D eigenvalue weighted by molar-refractivity contribution is -0.0517. The maximum atomic E-state index is 13.5. The van der Waals surface area contributed by atoms with Gasteiger partial charge in [-0.15, -0.1) is 0 Å². The molecule has 14 heteroatoms. The van der Waals surface area contributed by atoms with Crippen LogP contribution in [-0.2, 0) is 25.0 Å². The highest BCUT2D eigenvalue weighted by molar-refractivity contribution is 7.49. The molecule has 3 heterocycles. The zero-order chi connectivity index (χ0) is 21.7. The van der Waals surface area contributed by atoms with E-state index >= 15 is 0 Å². The molecule has 2 aliphatic rings. The molecule has 1 aromatic carbocycles. The molecule has 9 nitrogen and oxygen atoms in total. The number of aromatic amines is 1. The fourth-order valence-corrected chi connectivity index (χ4v) is 4.54. The molecule has 3 unspecified atom stereocenters. The summed E-state index contributed by atoms with van der Waals surface area (Å²) in [4.78, 5) is 24.9. The molecule has 1 N–H and O–H groups in total. The lowest BCUT2D eigenvalue weighted by Gasteiger charge is -2.36. The second kappa shape index (κ2) is 7.49. The number of phosphoric ester groups is 1. The molecule has 0 saturated carbocycles. The van der Waals surface area contributed by atoms with E-state index in [2.05, 4.69) is 0 Å². The summed E-state index contributed by atoms with van der Waals surface area (Å²) in [6, 6.07) is 3.53. The zero-order valence-corrected chi connectivity index (χ0v) is 16.1. The first-order chi connectivity index (χ1) is 14.1. The number of H-pyrrole nitrogens is 1. The standard InChI is InChI=1S/C16H13B2F2N2O7P/c17-16(18,29-30(25)26-7-8-5-9(19)1-2-11(8)28-30)12-3-4-13(27-12)22-6-10(20)14(23)21-15(22)24/h1-2,5-6,12-13H,3-4,7H2,(H,21,23,24). The van der Waals surface area contributed by atoms with Gasteiger partial charge in [-0.2, -0.15) is 4.39 Å². The molecule has 0 amide bonds. The van der Waals surface area contributed by atoms with Crippen molar-refractivity contribution in [1.29, 1.82) is 0 Å². The van der Waals surface area contributed by atoms with Crippen molar-refractivity contribution >= 4 is 23.5 Å². The second-order valence-corrected chi connectivity index (χ2v) is 8.33. The van der Waals surface area contributed by atoms with Gasteiger partial charge < -0.3 is 9.26 Å². The van der Waals surface area contributed by atoms with Gasteiger partial charge in [-0.1, -0.05) is 0 Å². The Labute approximate surface area is 170 Å². The summed E-state index contributed by atoms with van der Waals surface area (Å²) >= 11 is 0. The summed E-state index contributed by atoms with van der Waals surface area (Å²) in [7, 11) is 7.59. The van der Waals surface area contributed by atoms with Crippen LogP contribution >= 0.6 is 7.82 Å². The molecule has 30 heavy (non-hydrogen) atoms. The number of nitrogens with one attached hydrogen (secondary N) is 1. The number of benzene rings is 1. The van der Waals surface area contributed by atoms with Gasteiger partial charge in [-0.05, 0) is 31.0 Å². The quantitative estimate of drug-likeness (QED) is 0.568. The molecule has 4 radical (unpaired) electrons. The molecular formula is C16H13B2F2N2O7P. The number of aromatic nitrogens is 2. The van der Waals surface area contributed by atoms with Crippen LogP contribution < -0.4 is 15.8 Å². The van der Waals surface area contributed by atoms with Crippen molar-refractivity contribution in [3.63, 3.8) is 0 Å². The first-order valence-corrected chi connectivity index (χ1v) is 10.2. The van der Waals surface area contributed by atoms with Gasteiger partial charge in [0.2, 0.25) is 5.82 Å². The average Bonchev–Trinajstić information content (AvgIpc) is 3.15. The molecule has 1 aromatic heterocycles. The summed E-state index contributed by atoms with van der Waals surface area (Å²) in [5.74, 6) is -1.61. The summed E-state index contributed by atoms with van der Waals surface area (Å²) in [6.45, 7) is -0.263. The first-order valence-electron chi connectivity index (χ1n) is 8.74. The van der Waals surface area contributed by atoms with Crippen LogP contribution in [0.15, 0.2) is 34.0 Å². The Kier molecular flexibility index (Phi) is 5.26. The summed E-state index contributed by atoms with van der Waals surface area (Å²) in [5.41, 5.74) is -1.73. The summed E-state index contributed by atoms with van der Waals surface area (Å²) in [5, 5.41) is -2.17. The van der Waals surface area contributed by atoms with Gasteiger partial charge in [-0.3, -0.25) is 23.4 Å². The number of nitrogens with zero attached hydrogens (tertiary/aromatic N) is 1. The van der Waals surface area contributed by atoms with Crippen molar-refractivity contribution in [3.8, 4) is 5.75 Å². The van der Waals surface area contributed by atoms with Crippen molar-refractivity contribution < 1.29 is 31.7 Å². The SMILES string of the molecule is [B]C([B])(OP1(=O)OCc2cc(F)ccc2O1)C1CCC(n2cc(F)c(=O)[nH]c2=O)O1. The zero-order valence-electron chi connectivity index (χ0n) is 15.2. The number of rotatable bonds is 4. The van der Waals surface area contributed by atoms with E-state index in [4.69, 9.17) is 34.0 Å². The molecule has 0 spiro atoms. The predicted octanol–water partition coefficient (Wildman–Crippen LogP) is 1.22. The average molecular weight is 436 g/mol. The van der Waals surface area contributed by atoms with Gasteiger partial charge >= 0.3 is 13.5 Å². The molecule has 4 rings (SSSR count). The third-order valence-electron chi connectivity index (χ3n) is 4.62. The normalized spacial score (nSPS) is 26.2. The molecular weight excluding hydrogens is 423 g/mol. The van der Waals surface area contributed by atoms with Crippen LogP contribution in [-0.4, -0.2) is 36.7 Å². The third-order valence-corrected chi connectivity index (χ3v) is 6.02. The minimum atomic E-state index is -4.28. The minimum Gasteiger partial charge on any atom is -0.404 e. The van der Waals surface area contributed by atoms with Crippen molar-refractivity contribution in [2.75, 3.05) is 0 Å². The number of ether oxygens (including phenoxy) is 1. The Balaban J connectivity index is 1.49. The highest BCUT2D eigenvalue weighted by atomic mass is 31.2. The second-order valence-electron chi connectivity index (χ2n) is 6.81. The van der Waals surface area contributed by atoms with E-state index in [1.807, 2.05) is 4.98 Å². The smallest absolute Gasteiger partial charge is 0.404 e. The Bertz CT molecular complexity index is 1160. The predicted molar refractivity (Wildman–Crippen MR) is 99.2 cm³/mol. The van der Waals surface area contributed by atoms with Gasteiger partial charge in [-0.25, -0.2) is 13.8 Å². The van der Waals surface area contributed by atoms with Crippen LogP contribution in [0.25, 0.3) is 0 Å². The number of phosphoric acid groups is 1. The maximum Gasteiger partial charge on any atom is 0.529 e. The number of hydrogen-bond acceptors (Lipinski definition) is 7. The van der Waals surface area contributed by atoms with Gasteiger partial charge in [0.15, 0.2) is 0 Å². The van der Waals surface area contributed by atoms with Crippen LogP contribution in [0.2, 0.25) is 0 Å². The number of halogens is 2. The molecule has 2 aromatic rings. The Morgan fingerprint density at radius 2 is 2.03 bits per heavy atom. The van der Waals surface area contributed by atoms with E-state index in [1.165, 1.54) is 6.07 Å². The fraction of sp³-hybridized carbons (Fsp3) is 0.375. The Hall–Kier alpha value is -2.20. The monoisotopic (exact) mass is 436 g/mol. The van der Waals surface area contributed by atoms with Crippen LogP contribution in [0.3, 0.4) is 0 Å². The highest BCUT2D eigenvalue weighted by Crippen LogP contribution is 2.57. The van der Waals surface area contributed by atoms with E-state index < -0.39 is 48.4 Å². The number of fused-ring (bicyclic) bond motifs is 1. The van der Waals surface area contributed by atoms with Crippen LogP contribution in [0.4, 0.5) is 8.78 Å². The summed E-state index contributed by atoms with van der Waals surface area (Å²) < 4.78 is 61.6. The van der Waals surface area contributed by atoms with E-state index in [-0.39, 0.29) is 25.2 Å². The minimum absolute atomic E-state index is 0.0854. The van der Waals surface area contributed by atoms with Crippen LogP contribution in [0.1, 0.15) is 24.6 Å². The first kappa shape index (κ1) is 21.0. The lowest BCUT2D eigenvalue weighted by Crippen LogP contribution is -2.46. The summed E-state index contributed by atoms with van der Waals surface area (Å²) in [6.07, 6.45) is -1.06. The topological polar surface area (TPSA) is 109 Å². The highest BCUT2D eigenvalue weighted by Gasteiger charge is 2.46. The van der Waals surface area contributed by atoms with Gasteiger partial charge in [0.05, 0.1) is 18.9 Å². The number of hydrogen-bond donors (Lipinski definition) is 1. The van der Waals surface area contributed by atoms with E-state index in [0.717, 1.165) is 16.7 Å². The van der Waals surface area contributed by atoms with Crippen molar-refractivity contribution in [3.05, 3.63) is 62.4 Å². The van der Waals surface area contributed by atoms with Gasteiger partial charge in [0.1, 0.15) is 33.5 Å². The largest absolute Gasteiger partial charge is 0.529 e. The van der Waals surface area contributed by atoms with E-state index in [9.17, 15) is 22.9 Å². The molecule has 3 atom stereocenters. The van der Waals surface area contributed by atoms with E-state index in [1.54, 1.807) is 0 Å². The Morgan fingerprint density at radius 1 is 1.27 bits per heavy atom. The van der Waals surface area contributed by atoms with Crippen LogP contribution in [0.5, 0.6) is 5.75 Å². The van der Waals surface area contributed by atoms with Crippen molar-refractivity contribution in [2.24, 2.45) is 0 Å². The fourth-order valence-electron chi connectivity index (χ4n) is 3.17. The third kappa shape index (κ3) is 4.02. The molecule has 1 saturated heterocycles. The molecule has 2 aliphatic heterocycles. The lowest BCUT2D eigenvalue weighted by atomic mass is 9.61. The van der Waals surface area contributed by atoms with Crippen molar-refractivity contribution in [1.82, 2.24) is 9.55 Å². The van der Waals surface area contributed by atoms with Crippen molar-refractivity contribution in [2.45, 2.75) is 37.2 Å².